The summed E-state index contributed by atoms with van der Waals surface area (Å²) in [5.74, 6) is 0.901. The fourth-order valence-corrected chi connectivity index (χ4v) is 2.94. The van der Waals surface area contributed by atoms with Gasteiger partial charge in [0.1, 0.15) is 0 Å². The van der Waals surface area contributed by atoms with Crippen LogP contribution in [0.15, 0.2) is 58.9 Å². The first-order valence-corrected chi connectivity index (χ1v) is 8.93. The van der Waals surface area contributed by atoms with E-state index in [1.165, 1.54) is 6.20 Å². The molecule has 0 aliphatic rings. The van der Waals surface area contributed by atoms with E-state index < -0.39 is 13.0 Å². The maximum atomic E-state index is 12.3. The van der Waals surface area contributed by atoms with Crippen molar-refractivity contribution >= 4 is 30.3 Å². The topological polar surface area (TPSA) is 50.1 Å². The van der Waals surface area contributed by atoms with Crippen LogP contribution in [0.2, 0.25) is 0 Å². The van der Waals surface area contributed by atoms with Gasteiger partial charge in [0.15, 0.2) is 6.61 Å². The van der Waals surface area contributed by atoms with Gasteiger partial charge in [-0.25, -0.2) is 8.78 Å². The second-order valence-corrected chi connectivity index (χ2v) is 6.35. The second-order valence-electron chi connectivity index (χ2n) is 5.08. The number of rotatable bonds is 9. The van der Waals surface area contributed by atoms with Gasteiger partial charge in [-0.15, -0.1) is 5.10 Å². The molecule has 0 atom stereocenters. The number of benzene rings is 1. The summed E-state index contributed by atoms with van der Waals surface area (Å²) < 4.78 is 31.8. The molecule has 2 aromatic rings. The number of aromatic nitrogens is 1. The zero-order valence-corrected chi connectivity index (χ0v) is 15.2. The standard InChI is InChI=1S/C18H20F2N4OS/c1-3-26-24(16-7-5-4-6-8-16)12-15-10-9-14(11-22-15)18(23-21-2)25-13-17(19)20/h4-11,17H,2-3,12-13H2,1H3/b23-18-. The molecule has 5 nitrogen and oxygen atoms in total. The van der Waals surface area contributed by atoms with Crippen LogP contribution in [0.25, 0.3) is 0 Å². The Labute approximate surface area is 155 Å². The van der Waals surface area contributed by atoms with Gasteiger partial charge in [0.25, 0.3) is 6.43 Å². The fourth-order valence-electron chi connectivity index (χ4n) is 2.13. The maximum absolute atomic E-state index is 12.3. The number of pyridine rings is 1. The molecule has 1 heterocycles. The molecular weight excluding hydrogens is 358 g/mol. The number of anilines is 1. The molecule has 0 saturated carbocycles. The molecule has 0 N–H and O–H groups in total. The Morgan fingerprint density at radius 3 is 2.62 bits per heavy atom. The Hall–Kier alpha value is -2.48. The van der Waals surface area contributed by atoms with Gasteiger partial charge in [0.2, 0.25) is 5.90 Å². The molecule has 0 radical (unpaired) electrons. The minimum Gasteiger partial charge on any atom is -0.470 e. The first-order chi connectivity index (χ1) is 12.6. The van der Waals surface area contributed by atoms with Crippen molar-refractivity contribution in [3.63, 3.8) is 0 Å². The summed E-state index contributed by atoms with van der Waals surface area (Å²) >= 11 is 1.69. The lowest BCUT2D eigenvalue weighted by atomic mass is 10.2. The van der Waals surface area contributed by atoms with Crippen LogP contribution in [-0.2, 0) is 11.3 Å². The van der Waals surface area contributed by atoms with Crippen LogP contribution in [-0.4, -0.2) is 36.4 Å². The van der Waals surface area contributed by atoms with E-state index in [4.69, 9.17) is 4.74 Å². The van der Waals surface area contributed by atoms with E-state index in [1.807, 2.05) is 36.4 Å². The van der Waals surface area contributed by atoms with Crippen molar-refractivity contribution in [3.05, 3.63) is 59.9 Å². The van der Waals surface area contributed by atoms with Crippen LogP contribution in [0, 0.1) is 0 Å². The van der Waals surface area contributed by atoms with E-state index in [0.717, 1.165) is 17.1 Å². The highest BCUT2D eigenvalue weighted by molar-refractivity contribution is 8.00. The van der Waals surface area contributed by atoms with E-state index in [9.17, 15) is 8.78 Å². The SMILES string of the molecule is C=N/N=C(\OCC(F)F)c1ccc(CN(SCC)c2ccccc2)nc1. The molecule has 138 valence electrons. The third kappa shape index (κ3) is 6.11. The van der Waals surface area contributed by atoms with Crippen LogP contribution in [0.3, 0.4) is 0 Å². The molecule has 2 rings (SSSR count). The molecular formula is C18H20F2N4OS. The predicted octanol–water partition coefficient (Wildman–Crippen LogP) is 4.40. The van der Waals surface area contributed by atoms with Crippen molar-refractivity contribution in [2.75, 3.05) is 16.7 Å². The first kappa shape index (κ1) is 19.8. The van der Waals surface area contributed by atoms with E-state index in [-0.39, 0.29) is 5.90 Å². The highest BCUT2D eigenvalue weighted by Crippen LogP contribution is 2.24. The molecule has 26 heavy (non-hydrogen) atoms. The van der Waals surface area contributed by atoms with E-state index in [1.54, 1.807) is 18.0 Å². The quantitative estimate of drug-likeness (QED) is 0.281. The van der Waals surface area contributed by atoms with Gasteiger partial charge in [-0.2, -0.15) is 5.10 Å². The van der Waals surface area contributed by atoms with E-state index in [2.05, 4.69) is 33.1 Å². The lowest BCUT2D eigenvalue weighted by Crippen LogP contribution is -2.16. The number of hydrogen-bond donors (Lipinski definition) is 0. The highest BCUT2D eigenvalue weighted by Gasteiger charge is 2.12. The van der Waals surface area contributed by atoms with Crippen molar-refractivity contribution < 1.29 is 13.5 Å². The molecule has 8 heteroatoms. The monoisotopic (exact) mass is 378 g/mol. The fraction of sp³-hybridized carbons (Fsp3) is 0.278. The smallest absolute Gasteiger partial charge is 0.272 e. The number of hydrogen-bond acceptors (Lipinski definition) is 6. The lowest BCUT2D eigenvalue weighted by Gasteiger charge is -2.22. The molecule has 0 unspecified atom stereocenters. The first-order valence-electron chi connectivity index (χ1n) is 7.99. The highest BCUT2D eigenvalue weighted by atomic mass is 32.2. The number of alkyl halides is 2. The van der Waals surface area contributed by atoms with Crippen molar-refractivity contribution in [1.82, 2.24) is 4.98 Å². The summed E-state index contributed by atoms with van der Waals surface area (Å²) in [5, 5.41) is 7.01. The third-order valence-electron chi connectivity index (χ3n) is 3.21. The molecule has 0 spiro atoms. The molecule has 0 amide bonds. The number of halogens is 2. The number of ether oxygens (including phenoxy) is 1. The van der Waals surface area contributed by atoms with Crippen LogP contribution >= 0.6 is 11.9 Å². The van der Waals surface area contributed by atoms with Gasteiger partial charge in [-0.05, 0) is 36.2 Å². The van der Waals surface area contributed by atoms with Gasteiger partial charge in [0.05, 0.1) is 17.8 Å². The Balaban J connectivity index is 2.11. The summed E-state index contributed by atoms with van der Waals surface area (Å²) in [4.78, 5) is 4.39. The Kier molecular flexibility index (Phi) is 8.01. The zero-order valence-electron chi connectivity index (χ0n) is 14.4. The average molecular weight is 378 g/mol. The zero-order chi connectivity index (χ0) is 18.8. The molecule has 0 aliphatic heterocycles. The largest absolute Gasteiger partial charge is 0.470 e. The molecule has 0 bridgehead atoms. The van der Waals surface area contributed by atoms with Gasteiger partial charge >= 0.3 is 0 Å². The van der Waals surface area contributed by atoms with Gasteiger partial charge in [-0.3, -0.25) is 4.98 Å². The summed E-state index contributed by atoms with van der Waals surface area (Å²) in [5.41, 5.74) is 2.39. The Bertz CT molecular complexity index is 711. The predicted molar refractivity (Wildman–Crippen MR) is 103 cm³/mol. The minimum atomic E-state index is -2.59. The average Bonchev–Trinajstić information content (AvgIpc) is 2.66. The molecule has 0 saturated heterocycles. The van der Waals surface area contributed by atoms with Crippen LogP contribution in [0.1, 0.15) is 18.2 Å². The summed E-state index contributed by atoms with van der Waals surface area (Å²) in [6, 6.07) is 13.6. The Morgan fingerprint density at radius 1 is 1.27 bits per heavy atom. The van der Waals surface area contributed by atoms with Crippen molar-refractivity contribution in [2.45, 2.75) is 19.9 Å². The minimum absolute atomic E-state index is 0.0257. The molecule has 0 fully saturated rings. The number of nitrogens with zero attached hydrogens (tertiary/aromatic N) is 4. The van der Waals surface area contributed by atoms with Gasteiger partial charge in [0, 0.05) is 24.4 Å². The Morgan fingerprint density at radius 2 is 2.04 bits per heavy atom. The van der Waals surface area contributed by atoms with Gasteiger partial charge < -0.3 is 9.04 Å². The van der Waals surface area contributed by atoms with E-state index >= 15 is 0 Å². The maximum Gasteiger partial charge on any atom is 0.272 e. The van der Waals surface area contributed by atoms with Crippen molar-refractivity contribution in [3.8, 4) is 0 Å². The summed E-state index contributed by atoms with van der Waals surface area (Å²) in [7, 11) is 0. The van der Waals surface area contributed by atoms with E-state index in [0.29, 0.717) is 12.1 Å². The van der Waals surface area contributed by atoms with Crippen LogP contribution in [0.5, 0.6) is 0 Å². The molecule has 1 aromatic carbocycles. The molecule has 0 aliphatic carbocycles. The van der Waals surface area contributed by atoms with Crippen LogP contribution < -0.4 is 4.31 Å². The normalized spacial score (nSPS) is 11.5. The summed E-state index contributed by atoms with van der Waals surface area (Å²) in [6.07, 6.45) is -1.06. The number of para-hydroxylation sites is 1. The van der Waals surface area contributed by atoms with Gasteiger partial charge in [-0.1, -0.05) is 25.1 Å². The van der Waals surface area contributed by atoms with Crippen LogP contribution in [0.4, 0.5) is 14.5 Å². The lowest BCUT2D eigenvalue weighted by molar-refractivity contribution is 0.0765. The summed E-state index contributed by atoms with van der Waals surface area (Å²) in [6.45, 7) is 5.16. The third-order valence-corrected chi connectivity index (χ3v) is 4.12. The van der Waals surface area contributed by atoms with Crippen molar-refractivity contribution in [1.29, 1.82) is 0 Å². The second kappa shape index (κ2) is 10.5. The molecule has 1 aromatic heterocycles. The van der Waals surface area contributed by atoms with Crippen molar-refractivity contribution in [2.24, 2.45) is 10.2 Å².